The van der Waals surface area contributed by atoms with Gasteiger partial charge in [0.2, 0.25) is 5.95 Å². The van der Waals surface area contributed by atoms with Crippen molar-refractivity contribution in [3.8, 4) is 0 Å². The topological polar surface area (TPSA) is 64.1 Å². The molecule has 1 aromatic heterocycles. The van der Waals surface area contributed by atoms with Crippen LogP contribution in [0.2, 0.25) is 0 Å². The largest absolute Gasteiger partial charge is 0.466 e. The Balaban J connectivity index is 2.08. The quantitative estimate of drug-likeness (QED) is 0.827. The third kappa shape index (κ3) is 3.91. The summed E-state index contributed by atoms with van der Waals surface area (Å²) in [6.07, 6.45) is 9.19. The molecular formula is C14H21N3O2. The number of rotatable bonds is 5. The summed E-state index contributed by atoms with van der Waals surface area (Å²) in [5, 5.41) is 3.36. The fourth-order valence-electron chi connectivity index (χ4n) is 2.66. The highest BCUT2D eigenvalue weighted by molar-refractivity contribution is 5.71. The zero-order valence-corrected chi connectivity index (χ0v) is 11.4. The third-order valence-corrected chi connectivity index (χ3v) is 3.54. The van der Waals surface area contributed by atoms with Crippen LogP contribution in [0.5, 0.6) is 0 Å². The number of aromatic nitrogens is 2. The van der Waals surface area contributed by atoms with Crippen molar-refractivity contribution < 1.29 is 9.53 Å². The maximum atomic E-state index is 11.8. The van der Waals surface area contributed by atoms with E-state index in [-0.39, 0.29) is 11.5 Å². The monoisotopic (exact) mass is 263 g/mol. The Hall–Kier alpha value is -1.65. The molecule has 1 fully saturated rings. The van der Waals surface area contributed by atoms with Gasteiger partial charge in [-0.3, -0.25) is 4.79 Å². The predicted octanol–water partition coefficient (Wildman–Crippen LogP) is 2.54. The van der Waals surface area contributed by atoms with Crippen LogP contribution in [0.4, 0.5) is 5.95 Å². The molecule has 0 saturated heterocycles. The summed E-state index contributed by atoms with van der Waals surface area (Å²) in [5.74, 6) is 0.446. The van der Waals surface area contributed by atoms with Crippen molar-refractivity contribution in [1.29, 1.82) is 0 Å². The third-order valence-electron chi connectivity index (χ3n) is 3.54. The van der Waals surface area contributed by atoms with Crippen molar-refractivity contribution in [2.24, 2.45) is 0 Å². The van der Waals surface area contributed by atoms with Gasteiger partial charge in [0.1, 0.15) is 0 Å². The van der Waals surface area contributed by atoms with E-state index in [1.807, 2.05) is 6.92 Å². The number of hydrogen-bond donors (Lipinski definition) is 1. The molecule has 1 N–H and O–H groups in total. The molecular weight excluding hydrogens is 242 g/mol. The van der Waals surface area contributed by atoms with Crippen LogP contribution < -0.4 is 5.32 Å². The van der Waals surface area contributed by atoms with Gasteiger partial charge in [-0.05, 0) is 25.8 Å². The van der Waals surface area contributed by atoms with Crippen molar-refractivity contribution in [3.63, 3.8) is 0 Å². The lowest BCUT2D eigenvalue weighted by molar-refractivity contribution is -0.144. The number of carbonyl (C=O) groups is 1. The molecule has 0 spiro atoms. The molecule has 0 aliphatic heterocycles. The summed E-state index contributed by atoms with van der Waals surface area (Å²) in [4.78, 5) is 20.2. The van der Waals surface area contributed by atoms with Gasteiger partial charge in [0, 0.05) is 12.4 Å². The van der Waals surface area contributed by atoms with Crippen LogP contribution in [0.15, 0.2) is 18.5 Å². The average molecular weight is 263 g/mol. The number of nitrogens with zero attached hydrogens (tertiary/aromatic N) is 2. The number of ether oxygens (including phenoxy) is 1. The van der Waals surface area contributed by atoms with E-state index in [0.717, 1.165) is 25.7 Å². The Morgan fingerprint density at radius 3 is 2.63 bits per heavy atom. The Labute approximate surface area is 113 Å². The summed E-state index contributed by atoms with van der Waals surface area (Å²) >= 11 is 0. The number of anilines is 1. The molecule has 0 amide bonds. The van der Waals surface area contributed by atoms with Crippen molar-refractivity contribution in [2.45, 2.75) is 51.0 Å². The first-order chi connectivity index (χ1) is 9.24. The molecule has 1 aromatic rings. The zero-order chi connectivity index (χ0) is 13.6. The summed E-state index contributed by atoms with van der Waals surface area (Å²) in [6.45, 7) is 2.26. The van der Waals surface area contributed by atoms with Gasteiger partial charge >= 0.3 is 5.97 Å². The van der Waals surface area contributed by atoms with E-state index in [4.69, 9.17) is 4.74 Å². The van der Waals surface area contributed by atoms with Crippen LogP contribution in [0.1, 0.15) is 45.4 Å². The van der Waals surface area contributed by atoms with E-state index in [0.29, 0.717) is 19.0 Å². The summed E-state index contributed by atoms with van der Waals surface area (Å²) in [6, 6.07) is 1.78. The molecule has 0 aromatic carbocycles. The van der Waals surface area contributed by atoms with Gasteiger partial charge in [0.05, 0.1) is 18.6 Å². The second-order valence-corrected chi connectivity index (χ2v) is 5.02. The predicted molar refractivity (Wildman–Crippen MR) is 72.7 cm³/mol. The number of hydrogen-bond acceptors (Lipinski definition) is 5. The van der Waals surface area contributed by atoms with E-state index >= 15 is 0 Å². The minimum absolute atomic E-state index is 0.146. The van der Waals surface area contributed by atoms with Gasteiger partial charge in [-0.25, -0.2) is 9.97 Å². The highest BCUT2D eigenvalue weighted by atomic mass is 16.5. The normalized spacial score (nSPS) is 17.7. The van der Waals surface area contributed by atoms with Crippen LogP contribution in [0, 0.1) is 0 Å². The van der Waals surface area contributed by atoms with E-state index in [1.165, 1.54) is 6.42 Å². The van der Waals surface area contributed by atoms with Crippen molar-refractivity contribution in [3.05, 3.63) is 18.5 Å². The average Bonchev–Trinajstić information content (AvgIpc) is 2.40. The van der Waals surface area contributed by atoms with Crippen LogP contribution in [-0.4, -0.2) is 28.1 Å². The molecule has 5 heteroatoms. The molecule has 0 bridgehead atoms. The smallest absolute Gasteiger partial charge is 0.308 e. The molecule has 19 heavy (non-hydrogen) atoms. The first-order valence-electron chi connectivity index (χ1n) is 6.95. The molecule has 1 heterocycles. The van der Waals surface area contributed by atoms with Crippen LogP contribution in [-0.2, 0) is 9.53 Å². The highest BCUT2D eigenvalue weighted by Gasteiger charge is 2.35. The van der Waals surface area contributed by atoms with Gasteiger partial charge in [0.15, 0.2) is 0 Å². The number of carbonyl (C=O) groups excluding carboxylic acids is 1. The SMILES string of the molecule is CCOC(=O)CC1(Nc2ncccn2)CCCCC1. The lowest BCUT2D eigenvalue weighted by Crippen LogP contribution is -2.43. The minimum atomic E-state index is -0.244. The van der Waals surface area contributed by atoms with Crippen LogP contribution in [0.25, 0.3) is 0 Å². The Morgan fingerprint density at radius 2 is 2.00 bits per heavy atom. The van der Waals surface area contributed by atoms with Gasteiger partial charge < -0.3 is 10.1 Å². The maximum absolute atomic E-state index is 11.8. The number of esters is 1. The fourth-order valence-corrected chi connectivity index (χ4v) is 2.66. The van der Waals surface area contributed by atoms with Gasteiger partial charge in [0.25, 0.3) is 0 Å². The van der Waals surface area contributed by atoms with E-state index in [9.17, 15) is 4.79 Å². The fraction of sp³-hybridized carbons (Fsp3) is 0.643. The summed E-state index contributed by atoms with van der Waals surface area (Å²) in [5.41, 5.74) is -0.244. The van der Waals surface area contributed by atoms with Gasteiger partial charge in [-0.15, -0.1) is 0 Å². The molecule has 0 radical (unpaired) electrons. The molecule has 0 unspecified atom stereocenters. The van der Waals surface area contributed by atoms with Crippen molar-refractivity contribution >= 4 is 11.9 Å². The Bertz CT molecular complexity index is 402. The Kier molecular flexibility index (Phi) is 4.71. The summed E-state index contributed by atoms with van der Waals surface area (Å²) < 4.78 is 5.09. The standard InChI is InChI=1S/C14H21N3O2/c1-2-19-12(18)11-14(7-4-3-5-8-14)17-13-15-9-6-10-16-13/h6,9-10H,2-5,7-8,11H2,1H3,(H,15,16,17). The second-order valence-electron chi connectivity index (χ2n) is 5.02. The molecule has 0 atom stereocenters. The van der Waals surface area contributed by atoms with E-state index < -0.39 is 0 Å². The maximum Gasteiger partial charge on any atom is 0.308 e. The molecule has 104 valence electrons. The lowest BCUT2D eigenvalue weighted by atomic mass is 9.79. The molecule has 1 aliphatic rings. The van der Waals surface area contributed by atoms with Crippen molar-refractivity contribution in [1.82, 2.24) is 9.97 Å². The molecule has 2 rings (SSSR count). The highest BCUT2D eigenvalue weighted by Crippen LogP contribution is 2.33. The molecule has 1 aliphatic carbocycles. The minimum Gasteiger partial charge on any atom is -0.466 e. The van der Waals surface area contributed by atoms with E-state index in [1.54, 1.807) is 18.5 Å². The molecule has 5 nitrogen and oxygen atoms in total. The second kappa shape index (κ2) is 6.50. The van der Waals surface area contributed by atoms with Crippen LogP contribution >= 0.6 is 0 Å². The summed E-state index contributed by atoms with van der Waals surface area (Å²) in [7, 11) is 0. The first-order valence-corrected chi connectivity index (χ1v) is 6.95. The lowest BCUT2D eigenvalue weighted by Gasteiger charge is -2.37. The first kappa shape index (κ1) is 13.8. The number of nitrogens with one attached hydrogen (secondary N) is 1. The zero-order valence-electron chi connectivity index (χ0n) is 11.4. The van der Waals surface area contributed by atoms with Gasteiger partial charge in [-0.2, -0.15) is 0 Å². The van der Waals surface area contributed by atoms with E-state index in [2.05, 4.69) is 15.3 Å². The van der Waals surface area contributed by atoms with Crippen LogP contribution in [0.3, 0.4) is 0 Å². The van der Waals surface area contributed by atoms with Crippen molar-refractivity contribution in [2.75, 3.05) is 11.9 Å². The molecule has 1 saturated carbocycles. The van der Waals surface area contributed by atoms with Gasteiger partial charge in [-0.1, -0.05) is 19.3 Å². The Morgan fingerprint density at radius 1 is 1.32 bits per heavy atom.